The summed E-state index contributed by atoms with van der Waals surface area (Å²) < 4.78 is 0. The molecule has 0 aliphatic carbocycles. The zero-order chi connectivity index (χ0) is 26.6. The molecule has 8 heteroatoms. The molecule has 3 aromatic carbocycles. The summed E-state index contributed by atoms with van der Waals surface area (Å²) >= 11 is 11.3. The molecule has 0 radical (unpaired) electrons. The van der Waals surface area contributed by atoms with Crippen LogP contribution in [0.15, 0.2) is 72.8 Å². The van der Waals surface area contributed by atoms with Gasteiger partial charge in [0.05, 0.1) is 0 Å². The van der Waals surface area contributed by atoms with Crippen molar-refractivity contribution in [1.29, 1.82) is 0 Å². The van der Waals surface area contributed by atoms with Crippen LogP contribution in [0.4, 0.5) is 11.4 Å². The molecule has 1 aliphatic heterocycles. The molecule has 0 unspecified atom stereocenters. The molecule has 192 valence electrons. The first-order valence-electron chi connectivity index (χ1n) is 12.2. The number of carbonyl (C=O) groups excluding carboxylic acids is 2. The number of amides is 2. The van der Waals surface area contributed by atoms with Crippen LogP contribution in [-0.2, 0) is 5.41 Å². The van der Waals surface area contributed by atoms with Crippen molar-refractivity contribution in [3.63, 3.8) is 0 Å². The molecule has 2 amide bonds. The van der Waals surface area contributed by atoms with Crippen molar-refractivity contribution in [3.8, 4) is 0 Å². The lowest BCUT2D eigenvalue weighted by atomic mass is 9.87. The van der Waals surface area contributed by atoms with Crippen molar-refractivity contribution in [2.75, 3.05) is 36.4 Å². The van der Waals surface area contributed by atoms with Gasteiger partial charge >= 0.3 is 0 Å². The normalized spacial score (nSPS) is 13.7. The van der Waals surface area contributed by atoms with E-state index in [0.717, 1.165) is 24.5 Å². The van der Waals surface area contributed by atoms with Gasteiger partial charge in [-0.15, -0.1) is 0 Å². The maximum Gasteiger partial charge on any atom is 0.257 e. The topological polar surface area (TPSA) is 64.7 Å². The summed E-state index contributed by atoms with van der Waals surface area (Å²) in [4.78, 5) is 29.4. The number of benzene rings is 3. The number of thiocarbonyl (C=S) groups is 1. The Morgan fingerprint density at radius 2 is 1.38 bits per heavy atom. The van der Waals surface area contributed by atoms with E-state index in [1.807, 2.05) is 53.4 Å². The Hall–Kier alpha value is -3.42. The van der Waals surface area contributed by atoms with E-state index in [9.17, 15) is 9.59 Å². The molecule has 1 heterocycles. The molecule has 4 rings (SSSR count). The summed E-state index contributed by atoms with van der Waals surface area (Å²) in [6, 6.07) is 22.4. The van der Waals surface area contributed by atoms with Gasteiger partial charge in [-0.1, -0.05) is 44.5 Å². The van der Waals surface area contributed by atoms with Crippen molar-refractivity contribution in [2.45, 2.75) is 26.2 Å². The first-order valence-corrected chi connectivity index (χ1v) is 13.0. The van der Waals surface area contributed by atoms with Crippen LogP contribution < -0.4 is 15.5 Å². The largest absolute Gasteiger partial charge is 0.368 e. The third kappa shape index (κ3) is 6.87. The number of nitrogens with one attached hydrogen (secondary N) is 2. The molecule has 1 saturated heterocycles. The second-order valence-electron chi connectivity index (χ2n) is 10.1. The van der Waals surface area contributed by atoms with Gasteiger partial charge in [0.2, 0.25) is 0 Å². The average molecular weight is 535 g/mol. The van der Waals surface area contributed by atoms with Crippen LogP contribution in [0, 0.1) is 0 Å². The fourth-order valence-electron chi connectivity index (χ4n) is 4.16. The molecular weight excluding hydrogens is 504 g/mol. The summed E-state index contributed by atoms with van der Waals surface area (Å²) in [6.07, 6.45) is 0. The summed E-state index contributed by atoms with van der Waals surface area (Å²) in [7, 11) is 0. The minimum Gasteiger partial charge on any atom is -0.368 e. The minimum absolute atomic E-state index is 0.0246. The SMILES string of the molecule is CC(C)(C)c1ccc(C(=O)NC(=S)Nc2ccc(N3CCN(C(=O)c4ccc(Cl)cc4)CC3)cc2)cc1. The summed E-state index contributed by atoms with van der Waals surface area (Å²) in [5.74, 6) is -0.225. The Kier molecular flexibility index (Phi) is 8.15. The van der Waals surface area contributed by atoms with Gasteiger partial charge in [0.15, 0.2) is 5.11 Å². The monoisotopic (exact) mass is 534 g/mol. The van der Waals surface area contributed by atoms with E-state index in [4.69, 9.17) is 23.8 Å². The van der Waals surface area contributed by atoms with Crippen LogP contribution in [0.5, 0.6) is 0 Å². The lowest BCUT2D eigenvalue weighted by Crippen LogP contribution is -2.48. The Morgan fingerprint density at radius 1 is 0.811 bits per heavy atom. The molecular formula is C29H31ClN4O2S. The quantitative estimate of drug-likeness (QED) is 0.419. The predicted octanol–water partition coefficient (Wildman–Crippen LogP) is 5.73. The Labute approximate surface area is 228 Å². The van der Waals surface area contributed by atoms with Gasteiger partial charge in [0.1, 0.15) is 0 Å². The molecule has 2 N–H and O–H groups in total. The number of carbonyl (C=O) groups is 2. The van der Waals surface area contributed by atoms with Crippen molar-refractivity contribution in [3.05, 3.63) is 94.5 Å². The van der Waals surface area contributed by atoms with E-state index in [1.54, 1.807) is 24.3 Å². The number of nitrogens with zero attached hydrogens (tertiary/aromatic N) is 2. The van der Waals surface area contributed by atoms with Crippen LogP contribution in [0.3, 0.4) is 0 Å². The Morgan fingerprint density at radius 3 is 1.95 bits per heavy atom. The number of halogens is 1. The molecule has 6 nitrogen and oxygen atoms in total. The highest BCUT2D eigenvalue weighted by Gasteiger charge is 2.22. The van der Waals surface area contributed by atoms with Crippen LogP contribution in [0.1, 0.15) is 47.1 Å². The van der Waals surface area contributed by atoms with Gasteiger partial charge in [-0.25, -0.2) is 0 Å². The molecule has 1 aliphatic rings. The predicted molar refractivity (Wildman–Crippen MR) is 155 cm³/mol. The van der Waals surface area contributed by atoms with E-state index in [1.165, 1.54) is 5.56 Å². The first kappa shape index (κ1) is 26.6. The van der Waals surface area contributed by atoms with Crippen LogP contribution in [-0.4, -0.2) is 48.0 Å². The fourth-order valence-corrected chi connectivity index (χ4v) is 4.49. The van der Waals surface area contributed by atoms with Crippen LogP contribution in [0.25, 0.3) is 0 Å². The average Bonchev–Trinajstić information content (AvgIpc) is 2.89. The number of hydrogen-bond donors (Lipinski definition) is 2. The number of rotatable bonds is 4. The highest BCUT2D eigenvalue weighted by atomic mass is 35.5. The zero-order valence-corrected chi connectivity index (χ0v) is 22.8. The van der Waals surface area contributed by atoms with Crippen molar-refractivity contribution >= 4 is 52.1 Å². The number of piperazine rings is 1. The summed E-state index contributed by atoms with van der Waals surface area (Å²) in [5, 5.41) is 6.67. The van der Waals surface area contributed by atoms with Crippen molar-refractivity contribution in [2.24, 2.45) is 0 Å². The second-order valence-corrected chi connectivity index (χ2v) is 10.9. The van der Waals surface area contributed by atoms with E-state index in [2.05, 4.69) is 36.3 Å². The molecule has 3 aromatic rings. The molecule has 0 saturated carbocycles. The van der Waals surface area contributed by atoms with Gasteiger partial charge in [-0.3, -0.25) is 14.9 Å². The standard InChI is InChI=1S/C29H31ClN4O2S/c1-29(2,3)22-8-4-20(5-9-22)26(35)32-28(37)31-24-12-14-25(15-13-24)33-16-18-34(19-17-33)27(36)21-6-10-23(30)11-7-21/h4-15H,16-19H2,1-3H3,(H2,31,32,35,37). The summed E-state index contributed by atoms with van der Waals surface area (Å²) in [6.45, 7) is 9.19. The van der Waals surface area contributed by atoms with Crippen molar-refractivity contribution in [1.82, 2.24) is 10.2 Å². The van der Waals surface area contributed by atoms with E-state index < -0.39 is 0 Å². The van der Waals surface area contributed by atoms with Gasteiger partial charge < -0.3 is 15.1 Å². The number of hydrogen-bond acceptors (Lipinski definition) is 4. The van der Waals surface area contributed by atoms with Gasteiger partial charge in [-0.05, 0) is 83.9 Å². The number of anilines is 2. The summed E-state index contributed by atoms with van der Waals surface area (Å²) in [5.41, 5.74) is 4.26. The molecule has 0 bridgehead atoms. The highest BCUT2D eigenvalue weighted by Crippen LogP contribution is 2.23. The molecule has 0 aromatic heterocycles. The van der Waals surface area contributed by atoms with Crippen LogP contribution >= 0.6 is 23.8 Å². The van der Waals surface area contributed by atoms with Gasteiger partial charge in [0.25, 0.3) is 11.8 Å². The van der Waals surface area contributed by atoms with E-state index >= 15 is 0 Å². The highest BCUT2D eigenvalue weighted by molar-refractivity contribution is 7.80. The lowest BCUT2D eigenvalue weighted by molar-refractivity contribution is 0.0746. The minimum atomic E-state index is -0.249. The third-order valence-electron chi connectivity index (χ3n) is 6.39. The molecule has 37 heavy (non-hydrogen) atoms. The van der Waals surface area contributed by atoms with Crippen LogP contribution in [0.2, 0.25) is 5.02 Å². The van der Waals surface area contributed by atoms with Gasteiger partial charge in [-0.2, -0.15) is 0 Å². The van der Waals surface area contributed by atoms with Crippen molar-refractivity contribution < 1.29 is 9.59 Å². The fraction of sp³-hybridized carbons (Fsp3) is 0.276. The lowest BCUT2D eigenvalue weighted by Gasteiger charge is -2.36. The van der Waals surface area contributed by atoms with E-state index in [-0.39, 0.29) is 22.3 Å². The first-order chi connectivity index (χ1) is 17.6. The maximum atomic E-state index is 12.7. The molecule has 0 spiro atoms. The maximum absolute atomic E-state index is 12.7. The molecule has 0 atom stereocenters. The molecule has 1 fully saturated rings. The van der Waals surface area contributed by atoms with E-state index in [0.29, 0.717) is 29.2 Å². The smallest absolute Gasteiger partial charge is 0.257 e. The third-order valence-corrected chi connectivity index (χ3v) is 6.84. The zero-order valence-electron chi connectivity index (χ0n) is 21.3. The Bertz CT molecular complexity index is 1260. The Balaban J connectivity index is 1.27. The second kappa shape index (κ2) is 11.3. The van der Waals surface area contributed by atoms with Gasteiger partial charge in [0, 0.05) is 53.7 Å².